The summed E-state index contributed by atoms with van der Waals surface area (Å²) >= 11 is 0. The first-order valence-corrected chi connectivity index (χ1v) is 10.4. The van der Waals surface area contributed by atoms with Crippen molar-refractivity contribution in [2.75, 3.05) is 38.1 Å². The van der Waals surface area contributed by atoms with Gasteiger partial charge in [0.25, 0.3) is 0 Å². The SMILES string of the molecule is CC1Cc2ccccc2N1c1ccc(S(=O)(=O)N2CCN(C)CC2)cn1. The molecule has 1 atom stereocenters. The van der Waals surface area contributed by atoms with Gasteiger partial charge in [-0.2, -0.15) is 4.31 Å². The van der Waals surface area contributed by atoms with Crippen molar-refractivity contribution in [3.05, 3.63) is 48.2 Å². The number of nitrogens with zero attached hydrogens (tertiary/aromatic N) is 4. The minimum Gasteiger partial charge on any atom is -0.323 e. The number of benzene rings is 1. The van der Waals surface area contributed by atoms with Gasteiger partial charge < -0.3 is 9.80 Å². The molecule has 0 spiro atoms. The number of fused-ring (bicyclic) bond motifs is 1. The molecule has 4 rings (SSSR count). The van der Waals surface area contributed by atoms with Gasteiger partial charge in [0, 0.05) is 44.1 Å². The maximum Gasteiger partial charge on any atom is 0.244 e. The summed E-state index contributed by atoms with van der Waals surface area (Å²) in [5.41, 5.74) is 2.46. The van der Waals surface area contributed by atoms with Gasteiger partial charge >= 0.3 is 0 Å². The molecule has 26 heavy (non-hydrogen) atoms. The fourth-order valence-corrected chi connectivity index (χ4v) is 5.13. The minimum absolute atomic E-state index is 0.269. The Kier molecular flexibility index (Phi) is 4.46. The molecule has 0 bridgehead atoms. The Morgan fingerprint density at radius 1 is 1.04 bits per heavy atom. The van der Waals surface area contributed by atoms with Gasteiger partial charge in [-0.05, 0) is 44.2 Å². The zero-order valence-corrected chi connectivity index (χ0v) is 16.0. The Morgan fingerprint density at radius 2 is 1.77 bits per heavy atom. The molecule has 1 aromatic carbocycles. The van der Waals surface area contributed by atoms with E-state index in [0.29, 0.717) is 19.1 Å². The maximum atomic E-state index is 12.8. The number of hydrogen-bond acceptors (Lipinski definition) is 5. The topological polar surface area (TPSA) is 56.8 Å². The summed E-state index contributed by atoms with van der Waals surface area (Å²) in [6.45, 7) is 4.73. The summed E-state index contributed by atoms with van der Waals surface area (Å²) in [4.78, 5) is 9.09. The molecular weight excluding hydrogens is 348 g/mol. The van der Waals surface area contributed by atoms with Crippen LogP contribution in [0.2, 0.25) is 0 Å². The van der Waals surface area contributed by atoms with Crippen LogP contribution >= 0.6 is 0 Å². The maximum absolute atomic E-state index is 12.8. The van der Waals surface area contributed by atoms with E-state index in [-0.39, 0.29) is 4.90 Å². The quantitative estimate of drug-likeness (QED) is 0.826. The van der Waals surface area contributed by atoms with Gasteiger partial charge in [-0.25, -0.2) is 13.4 Å². The largest absolute Gasteiger partial charge is 0.323 e. The monoisotopic (exact) mass is 372 g/mol. The highest BCUT2D eigenvalue weighted by molar-refractivity contribution is 7.89. The number of para-hydroxylation sites is 1. The van der Waals surface area contributed by atoms with Gasteiger partial charge in [-0.15, -0.1) is 0 Å². The average Bonchev–Trinajstić information content (AvgIpc) is 2.98. The third-order valence-corrected chi connectivity index (χ3v) is 7.16. The van der Waals surface area contributed by atoms with Crippen molar-refractivity contribution >= 4 is 21.5 Å². The Balaban J connectivity index is 1.59. The highest BCUT2D eigenvalue weighted by Crippen LogP contribution is 2.37. The number of hydrogen-bond donors (Lipinski definition) is 0. The van der Waals surface area contributed by atoms with Crippen LogP contribution in [-0.2, 0) is 16.4 Å². The zero-order chi connectivity index (χ0) is 18.3. The first-order valence-electron chi connectivity index (χ1n) is 8.99. The second kappa shape index (κ2) is 6.64. The average molecular weight is 372 g/mol. The zero-order valence-electron chi connectivity index (χ0n) is 15.2. The Morgan fingerprint density at radius 3 is 2.46 bits per heavy atom. The number of rotatable bonds is 3. The Labute approximate surface area is 155 Å². The number of aromatic nitrogens is 1. The van der Waals surface area contributed by atoms with E-state index in [1.54, 1.807) is 10.4 Å². The van der Waals surface area contributed by atoms with Crippen molar-refractivity contribution < 1.29 is 8.42 Å². The number of piperazine rings is 1. The standard InChI is InChI=1S/C19H24N4O2S/c1-15-13-16-5-3-4-6-18(16)23(15)19-8-7-17(14-20-19)26(24,25)22-11-9-21(2)10-12-22/h3-8,14-15H,9-13H2,1-2H3. The lowest BCUT2D eigenvalue weighted by atomic mass is 10.1. The van der Waals surface area contributed by atoms with Gasteiger partial charge in [0.2, 0.25) is 10.0 Å². The molecule has 1 aromatic heterocycles. The highest BCUT2D eigenvalue weighted by atomic mass is 32.2. The molecule has 2 aromatic rings. The number of likely N-dealkylation sites (N-methyl/N-ethyl adjacent to an activating group) is 1. The molecule has 2 aliphatic rings. The molecule has 0 saturated carbocycles. The van der Waals surface area contributed by atoms with E-state index < -0.39 is 10.0 Å². The summed E-state index contributed by atoms with van der Waals surface area (Å²) in [6, 6.07) is 12.1. The van der Waals surface area contributed by atoms with Gasteiger partial charge in [0.1, 0.15) is 10.7 Å². The number of pyridine rings is 1. The summed E-state index contributed by atoms with van der Waals surface area (Å²) in [7, 11) is -1.46. The van der Waals surface area contributed by atoms with Crippen molar-refractivity contribution in [3.63, 3.8) is 0 Å². The van der Waals surface area contributed by atoms with E-state index >= 15 is 0 Å². The smallest absolute Gasteiger partial charge is 0.244 e. The minimum atomic E-state index is -3.47. The van der Waals surface area contributed by atoms with E-state index in [0.717, 1.165) is 31.0 Å². The first kappa shape index (κ1) is 17.5. The molecule has 1 saturated heterocycles. The van der Waals surface area contributed by atoms with Gasteiger partial charge in [0.05, 0.1) is 0 Å². The second-order valence-corrected chi connectivity index (χ2v) is 9.05. The van der Waals surface area contributed by atoms with Gasteiger partial charge in [0.15, 0.2) is 0 Å². The molecule has 0 N–H and O–H groups in total. The van der Waals surface area contributed by atoms with Crippen LogP contribution in [0.15, 0.2) is 47.5 Å². The van der Waals surface area contributed by atoms with Crippen LogP contribution in [0.5, 0.6) is 0 Å². The molecule has 3 heterocycles. The third kappa shape index (κ3) is 3.00. The Bertz CT molecular complexity index is 890. The molecule has 0 amide bonds. The van der Waals surface area contributed by atoms with Crippen molar-refractivity contribution in [2.45, 2.75) is 24.3 Å². The first-order chi connectivity index (χ1) is 12.5. The number of sulfonamides is 1. The lowest BCUT2D eigenvalue weighted by Gasteiger charge is -2.31. The van der Waals surface area contributed by atoms with Crippen LogP contribution in [0.25, 0.3) is 0 Å². The molecule has 0 radical (unpaired) electrons. The lowest BCUT2D eigenvalue weighted by molar-refractivity contribution is 0.222. The van der Waals surface area contributed by atoms with E-state index in [2.05, 4.69) is 33.8 Å². The van der Waals surface area contributed by atoms with Crippen LogP contribution in [0, 0.1) is 0 Å². The van der Waals surface area contributed by atoms with Gasteiger partial charge in [-0.1, -0.05) is 18.2 Å². The van der Waals surface area contributed by atoms with Crippen molar-refractivity contribution in [1.29, 1.82) is 0 Å². The fourth-order valence-electron chi connectivity index (χ4n) is 3.76. The van der Waals surface area contributed by atoms with Crippen LogP contribution in [0.1, 0.15) is 12.5 Å². The molecule has 7 heteroatoms. The molecule has 0 aliphatic carbocycles. The van der Waals surface area contributed by atoms with E-state index in [1.807, 2.05) is 25.2 Å². The molecular formula is C19H24N4O2S. The van der Waals surface area contributed by atoms with Crippen LogP contribution < -0.4 is 4.90 Å². The predicted octanol–water partition coefficient (Wildman–Crippen LogP) is 2.10. The molecule has 1 fully saturated rings. The van der Waals surface area contributed by atoms with Gasteiger partial charge in [-0.3, -0.25) is 0 Å². The van der Waals surface area contributed by atoms with Crippen LogP contribution in [0.4, 0.5) is 11.5 Å². The number of anilines is 2. The summed E-state index contributed by atoms with van der Waals surface area (Å²) < 4.78 is 27.2. The third-order valence-electron chi connectivity index (χ3n) is 5.27. The summed E-state index contributed by atoms with van der Waals surface area (Å²) in [5, 5.41) is 0. The van der Waals surface area contributed by atoms with Crippen LogP contribution in [0.3, 0.4) is 0 Å². The summed E-state index contributed by atoms with van der Waals surface area (Å²) in [5.74, 6) is 0.791. The van der Waals surface area contributed by atoms with Crippen molar-refractivity contribution in [1.82, 2.24) is 14.2 Å². The highest BCUT2D eigenvalue weighted by Gasteiger charge is 2.30. The normalized spacial score (nSPS) is 21.8. The Hall–Kier alpha value is -1.96. The fraction of sp³-hybridized carbons (Fsp3) is 0.421. The molecule has 138 valence electrons. The van der Waals surface area contributed by atoms with Crippen molar-refractivity contribution in [2.24, 2.45) is 0 Å². The lowest BCUT2D eigenvalue weighted by Crippen LogP contribution is -2.47. The van der Waals surface area contributed by atoms with Crippen molar-refractivity contribution in [3.8, 4) is 0 Å². The molecule has 6 nitrogen and oxygen atoms in total. The van der Waals surface area contributed by atoms with E-state index in [4.69, 9.17) is 0 Å². The van der Waals surface area contributed by atoms with E-state index in [1.165, 1.54) is 11.8 Å². The molecule has 1 unspecified atom stereocenters. The van der Waals surface area contributed by atoms with E-state index in [9.17, 15) is 8.42 Å². The summed E-state index contributed by atoms with van der Waals surface area (Å²) in [6.07, 6.45) is 2.47. The predicted molar refractivity (Wildman–Crippen MR) is 102 cm³/mol. The molecule has 2 aliphatic heterocycles. The van der Waals surface area contributed by atoms with Crippen LogP contribution in [-0.4, -0.2) is 61.9 Å². The second-order valence-electron chi connectivity index (χ2n) is 7.11.